The van der Waals surface area contributed by atoms with Crippen LogP contribution in [0.5, 0.6) is 0 Å². The zero-order valence-electron chi connectivity index (χ0n) is 9.05. The van der Waals surface area contributed by atoms with Crippen molar-refractivity contribution in [1.29, 1.82) is 0 Å². The fourth-order valence-corrected chi connectivity index (χ4v) is 0.864. The van der Waals surface area contributed by atoms with E-state index in [1.54, 1.807) is 6.92 Å². The van der Waals surface area contributed by atoms with E-state index in [1.165, 1.54) is 0 Å². The molecule has 3 nitrogen and oxygen atoms in total. The summed E-state index contributed by atoms with van der Waals surface area (Å²) in [5, 5.41) is 12.1. The number of carbonyl (C=O) groups is 1. The highest BCUT2D eigenvalue weighted by Gasteiger charge is 2.25. The summed E-state index contributed by atoms with van der Waals surface area (Å²) in [6.07, 6.45) is 1.94. The quantitative estimate of drug-likeness (QED) is 0.684. The highest BCUT2D eigenvalue weighted by Crippen LogP contribution is 2.08. The van der Waals surface area contributed by atoms with E-state index >= 15 is 0 Å². The molecule has 0 bridgehead atoms. The van der Waals surface area contributed by atoms with Crippen LogP contribution in [0, 0.1) is 0 Å². The number of amides is 1. The Labute approximate surface area is 80.5 Å². The van der Waals surface area contributed by atoms with E-state index in [0.717, 1.165) is 12.8 Å². The first kappa shape index (κ1) is 12.4. The smallest absolute Gasteiger partial charge is 0.220 e. The summed E-state index contributed by atoms with van der Waals surface area (Å²) in [4.78, 5) is 11.3. The highest BCUT2D eigenvalue weighted by molar-refractivity contribution is 5.76. The normalized spacial score (nSPS) is 13.9. The molecule has 0 aromatic rings. The zero-order valence-corrected chi connectivity index (χ0v) is 9.05. The van der Waals surface area contributed by atoms with Crippen molar-refractivity contribution in [3.63, 3.8) is 0 Å². The Balaban J connectivity index is 3.90. The molecule has 1 unspecified atom stereocenters. The third-order valence-corrected chi connectivity index (χ3v) is 2.26. The largest absolute Gasteiger partial charge is 0.391 e. The molecule has 0 radical (unpaired) electrons. The summed E-state index contributed by atoms with van der Waals surface area (Å²) in [7, 11) is 0. The summed E-state index contributed by atoms with van der Waals surface area (Å²) < 4.78 is 0. The molecule has 2 N–H and O–H groups in total. The third-order valence-electron chi connectivity index (χ3n) is 2.26. The molecule has 0 saturated carbocycles. The molecule has 3 heteroatoms. The van der Waals surface area contributed by atoms with Crippen molar-refractivity contribution in [2.75, 3.05) is 0 Å². The van der Waals surface area contributed by atoms with Gasteiger partial charge in [-0.15, -0.1) is 0 Å². The Morgan fingerprint density at radius 3 is 2.46 bits per heavy atom. The molecule has 1 atom stereocenters. The van der Waals surface area contributed by atoms with Crippen LogP contribution < -0.4 is 5.32 Å². The fourth-order valence-electron chi connectivity index (χ4n) is 0.864. The lowest BCUT2D eigenvalue weighted by Gasteiger charge is -2.29. The van der Waals surface area contributed by atoms with Crippen LogP contribution in [0.3, 0.4) is 0 Å². The lowest BCUT2D eigenvalue weighted by Crippen LogP contribution is -2.50. The van der Waals surface area contributed by atoms with Crippen LogP contribution in [0.15, 0.2) is 0 Å². The number of hydrogen-bond donors (Lipinski definition) is 2. The maximum atomic E-state index is 11.3. The minimum absolute atomic E-state index is 0.0211. The number of aliphatic hydroxyl groups excluding tert-OH is 1. The Bertz CT molecular complexity index is 164. The first-order valence-corrected chi connectivity index (χ1v) is 4.89. The summed E-state index contributed by atoms with van der Waals surface area (Å²) >= 11 is 0. The van der Waals surface area contributed by atoms with Gasteiger partial charge in [0.15, 0.2) is 0 Å². The van der Waals surface area contributed by atoms with Crippen molar-refractivity contribution in [1.82, 2.24) is 5.32 Å². The van der Waals surface area contributed by atoms with Gasteiger partial charge in [0, 0.05) is 6.42 Å². The maximum absolute atomic E-state index is 11.3. The first-order valence-electron chi connectivity index (χ1n) is 4.89. The van der Waals surface area contributed by atoms with E-state index in [4.69, 9.17) is 0 Å². The van der Waals surface area contributed by atoms with Gasteiger partial charge < -0.3 is 10.4 Å². The number of unbranched alkanes of at least 4 members (excludes halogenated alkanes) is 1. The van der Waals surface area contributed by atoms with Crippen LogP contribution in [0.2, 0.25) is 0 Å². The highest BCUT2D eigenvalue weighted by atomic mass is 16.3. The molecule has 13 heavy (non-hydrogen) atoms. The van der Waals surface area contributed by atoms with Gasteiger partial charge in [-0.1, -0.05) is 13.3 Å². The molecule has 0 aromatic carbocycles. The van der Waals surface area contributed by atoms with Crippen LogP contribution in [-0.2, 0) is 4.79 Å². The van der Waals surface area contributed by atoms with Gasteiger partial charge in [-0.05, 0) is 27.2 Å². The molecule has 0 aromatic heterocycles. The molecular weight excluding hydrogens is 166 g/mol. The molecule has 0 spiro atoms. The molecule has 0 heterocycles. The lowest BCUT2D eigenvalue weighted by atomic mass is 9.98. The second-order valence-electron chi connectivity index (χ2n) is 4.05. The van der Waals surface area contributed by atoms with Crippen LogP contribution in [0.25, 0.3) is 0 Å². The predicted octanol–water partition coefficient (Wildman–Crippen LogP) is 1.45. The molecule has 0 rings (SSSR count). The molecule has 0 aliphatic carbocycles. The van der Waals surface area contributed by atoms with Crippen molar-refractivity contribution >= 4 is 5.91 Å². The zero-order chi connectivity index (χ0) is 10.5. The standard InChI is InChI=1S/C10H21NO2/c1-5-6-7-9(13)11-10(3,4)8(2)12/h8,12H,5-7H2,1-4H3,(H,11,13). The number of hydrogen-bond acceptors (Lipinski definition) is 2. The molecule has 0 fully saturated rings. The van der Waals surface area contributed by atoms with Crippen molar-refractivity contribution in [3.8, 4) is 0 Å². The van der Waals surface area contributed by atoms with Gasteiger partial charge >= 0.3 is 0 Å². The van der Waals surface area contributed by atoms with Gasteiger partial charge in [0.05, 0.1) is 11.6 Å². The number of carbonyl (C=O) groups excluding carboxylic acids is 1. The summed E-state index contributed by atoms with van der Waals surface area (Å²) in [6, 6.07) is 0. The van der Waals surface area contributed by atoms with Crippen LogP contribution in [0.4, 0.5) is 0 Å². The lowest BCUT2D eigenvalue weighted by molar-refractivity contribution is -0.124. The van der Waals surface area contributed by atoms with Gasteiger partial charge in [-0.3, -0.25) is 4.79 Å². The minimum atomic E-state index is -0.530. The predicted molar refractivity (Wildman–Crippen MR) is 53.4 cm³/mol. The van der Waals surface area contributed by atoms with Gasteiger partial charge in [-0.2, -0.15) is 0 Å². The van der Waals surface area contributed by atoms with Gasteiger partial charge in [0.2, 0.25) is 5.91 Å². The van der Waals surface area contributed by atoms with E-state index in [9.17, 15) is 9.90 Å². The Hall–Kier alpha value is -0.570. The van der Waals surface area contributed by atoms with E-state index in [0.29, 0.717) is 6.42 Å². The number of rotatable bonds is 5. The third kappa shape index (κ3) is 4.88. The van der Waals surface area contributed by atoms with Gasteiger partial charge in [0.25, 0.3) is 0 Å². The van der Waals surface area contributed by atoms with Crippen molar-refractivity contribution in [2.24, 2.45) is 0 Å². The fraction of sp³-hybridized carbons (Fsp3) is 0.900. The molecule has 0 aliphatic rings. The number of nitrogens with one attached hydrogen (secondary N) is 1. The monoisotopic (exact) mass is 187 g/mol. The summed E-state index contributed by atoms with van der Waals surface area (Å²) in [5.41, 5.74) is -0.523. The van der Waals surface area contributed by atoms with E-state index in [-0.39, 0.29) is 5.91 Å². The average molecular weight is 187 g/mol. The van der Waals surface area contributed by atoms with Crippen LogP contribution >= 0.6 is 0 Å². The first-order chi connectivity index (χ1) is 5.90. The Morgan fingerprint density at radius 1 is 1.54 bits per heavy atom. The van der Waals surface area contributed by atoms with E-state index in [2.05, 4.69) is 5.32 Å². The topological polar surface area (TPSA) is 49.3 Å². The summed E-state index contributed by atoms with van der Waals surface area (Å²) in [6.45, 7) is 7.37. The number of aliphatic hydroxyl groups is 1. The molecular formula is C10H21NO2. The molecule has 1 amide bonds. The average Bonchev–Trinajstić information content (AvgIpc) is 1.99. The van der Waals surface area contributed by atoms with Crippen molar-refractivity contribution < 1.29 is 9.90 Å². The SMILES string of the molecule is CCCCC(=O)NC(C)(C)C(C)O. The second kappa shape index (κ2) is 5.22. The molecule has 0 saturated heterocycles. The van der Waals surface area contributed by atoms with Gasteiger partial charge in [0.1, 0.15) is 0 Å². The van der Waals surface area contributed by atoms with Gasteiger partial charge in [-0.25, -0.2) is 0 Å². The Kier molecular flexibility index (Phi) is 4.99. The maximum Gasteiger partial charge on any atom is 0.220 e. The molecule has 0 aliphatic heterocycles. The van der Waals surface area contributed by atoms with Crippen molar-refractivity contribution in [2.45, 2.75) is 58.6 Å². The molecule has 78 valence electrons. The van der Waals surface area contributed by atoms with Crippen molar-refractivity contribution in [3.05, 3.63) is 0 Å². The Morgan fingerprint density at radius 2 is 2.08 bits per heavy atom. The van der Waals surface area contributed by atoms with E-state index < -0.39 is 11.6 Å². The van der Waals surface area contributed by atoms with Crippen LogP contribution in [0.1, 0.15) is 47.0 Å². The van der Waals surface area contributed by atoms with E-state index in [1.807, 2.05) is 20.8 Å². The second-order valence-corrected chi connectivity index (χ2v) is 4.05. The van der Waals surface area contributed by atoms with Crippen LogP contribution in [-0.4, -0.2) is 22.7 Å². The summed E-state index contributed by atoms with van der Waals surface area (Å²) in [5.74, 6) is 0.0211. The minimum Gasteiger partial charge on any atom is -0.391 e.